The molecule has 156 valence electrons. The van der Waals surface area contributed by atoms with E-state index in [-0.39, 0.29) is 17.6 Å². The number of ether oxygens (including phenoxy) is 1. The van der Waals surface area contributed by atoms with Gasteiger partial charge in [0.05, 0.1) is 6.10 Å². The molecule has 1 N–H and O–H groups in total. The highest BCUT2D eigenvalue weighted by molar-refractivity contribution is 5.74. The molecular weight excluding hydrogens is 350 g/mol. The summed E-state index contributed by atoms with van der Waals surface area (Å²) in [7, 11) is 0. The first-order valence-electron chi connectivity index (χ1n) is 10.7. The monoisotopic (exact) mass is 387 g/mol. The lowest BCUT2D eigenvalue weighted by Crippen LogP contribution is -2.53. The second-order valence-corrected chi connectivity index (χ2v) is 9.44. The van der Waals surface area contributed by atoms with Gasteiger partial charge in [-0.15, -0.1) is 0 Å². The fraction of sp³-hybridized carbons (Fsp3) is 0.696. The predicted molar refractivity (Wildman–Crippen MR) is 115 cm³/mol. The van der Waals surface area contributed by atoms with Crippen LogP contribution in [0.25, 0.3) is 0 Å². The van der Waals surface area contributed by atoms with Crippen LogP contribution >= 0.6 is 0 Å². The first-order valence-corrected chi connectivity index (χ1v) is 10.7. The van der Waals surface area contributed by atoms with Crippen molar-refractivity contribution < 1.29 is 9.53 Å². The minimum absolute atomic E-state index is 0.0684. The zero-order chi connectivity index (χ0) is 20.3. The number of carbonyl (C=O) groups excluding carboxylic acids is 1. The molecule has 0 unspecified atom stereocenters. The lowest BCUT2D eigenvalue weighted by molar-refractivity contribution is -0.0839. The molecule has 2 atom stereocenters. The summed E-state index contributed by atoms with van der Waals surface area (Å²) in [6, 6.07) is 6.53. The normalized spacial score (nSPS) is 23.6. The molecule has 2 aliphatic heterocycles. The van der Waals surface area contributed by atoms with Gasteiger partial charge in [0.1, 0.15) is 0 Å². The molecule has 0 bridgehead atoms. The first kappa shape index (κ1) is 21.0. The third-order valence-electron chi connectivity index (χ3n) is 6.30. The SMILES string of the molecule is Cc1cccc(N2CCN(C(=O)NC[C@H]3CCCO[C@H]3C(C)(C)C)CC2)c1C. The van der Waals surface area contributed by atoms with Gasteiger partial charge in [-0.2, -0.15) is 0 Å². The topological polar surface area (TPSA) is 44.8 Å². The lowest BCUT2D eigenvalue weighted by Gasteiger charge is -2.41. The van der Waals surface area contributed by atoms with E-state index in [9.17, 15) is 4.79 Å². The minimum Gasteiger partial charge on any atom is -0.377 e. The molecule has 1 aromatic rings. The number of benzene rings is 1. The highest BCUT2D eigenvalue weighted by atomic mass is 16.5. The zero-order valence-electron chi connectivity index (χ0n) is 18.3. The number of carbonyl (C=O) groups is 1. The first-order chi connectivity index (χ1) is 13.3. The summed E-state index contributed by atoms with van der Waals surface area (Å²) in [6.45, 7) is 15.9. The molecule has 2 fully saturated rings. The van der Waals surface area contributed by atoms with Crippen LogP contribution in [0.5, 0.6) is 0 Å². The summed E-state index contributed by atoms with van der Waals surface area (Å²) in [5.41, 5.74) is 4.06. The molecule has 0 aromatic heterocycles. The van der Waals surface area contributed by atoms with E-state index in [2.05, 4.69) is 63.0 Å². The number of anilines is 1. The Labute approximate surface area is 170 Å². The van der Waals surface area contributed by atoms with Crippen molar-refractivity contribution in [3.05, 3.63) is 29.3 Å². The molecule has 0 spiro atoms. The number of urea groups is 1. The number of nitrogens with one attached hydrogen (secondary N) is 1. The molecule has 1 aromatic carbocycles. The fourth-order valence-corrected chi connectivity index (χ4v) is 4.57. The van der Waals surface area contributed by atoms with Crippen molar-refractivity contribution in [2.75, 3.05) is 44.2 Å². The van der Waals surface area contributed by atoms with E-state index >= 15 is 0 Å². The van der Waals surface area contributed by atoms with Crippen LogP contribution in [0.1, 0.15) is 44.7 Å². The Morgan fingerprint density at radius 3 is 2.57 bits per heavy atom. The minimum atomic E-state index is 0.0684. The summed E-state index contributed by atoms with van der Waals surface area (Å²) in [6.07, 6.45) is 2.42. The standard InChI is InChI=1S/C23H37N3O2/c1-17-8-6-10-20(18(17)2)25-11-13-26(14-12-25)22(27)24-16-19-9-7-15-28-21(19)23(3,4)5/h6,8,10,19,21H,7,9,11-16H2,1-5H3,(H,24,27)/t19-,21-/m1/s1. The molecule has 5 nitrogen and oxygen atoms in total. The highest BCUT2D eigenvalue weighted by Crippen LogP contribution is 2.33. The van der Waals surface area contributed by atoms with E-state index in [1.807, 2.05) is 4.90 Å². The average molecular weight is 388 g/mol. The van der Waals surface area contributed by atoms with E-state index in [0.717, 1.165) is 45.6 Å². The average Bonchev–Trinajstić information content (AvgIpc) is 2.68. The van der Waals surface area contributed by atoms with Gasteiger partial charge < -0.3 is 19.9 Å². The Hall–Kier alpha value is -1.75. The molecule has 3 rings (SSSR count). The van der Waals surface area contributed by atoms with E-state index in [1.165, 1.54) is 16.8 Å². The third kappa shape index (κ3) is 4.80. The Bertz CT molecular complexity index is 675. The van der Waals surface area contributed by atoms with Crippen molar-refractivity contribution in [2.24, 2.45) is 11.3 Å². The van der Waals surface area contributed by atoms with Gasteiger partial charge in [0.25, 0.3) is 0 Å². The van der Waals surface area contributed by atoms with Crippen molar-refractivity contribution in [3.63, 3.8) is 0 Å². The molecule has 5 heteroatoms. The van der Waals surface area contributed by atoms with Crippen LogP contribution in [-0.2, 0) is 4.74 Å². The molecule has 2 heterocycles. The maximum Gasteiger partial charge on any atom is 0.317 e. The van der Waals surface area contributed by atoms with E-state index < -0.39 is 0 Å². The van der Waals surface area contributed by atoms with E-state index in [4.69, 9.17) is 4.74 Å². The highest BCUT2D eigenvalue weighted by Gasteiger charge is 2.35. The van der Waals surface area contributed by atoms with Gasteiger partial charge in [0.15, 0.2) is 0 Å². The molecule has 2 saturated heterocycles. The smallest absolute Gasteiger partial charge is 0.317 e. The van der Waals surface area contributed by atoms with Crippen LogP contribution in [0.3, 0.4) is 0 Å². The van der Waals surface area contributed by atoms with E-state index in [0.29, 0.717) is 12.5 Å². The van der Waals surface area contributed by atoms with Crippen molar-refractivity contribution >= 4 is 11.7 Å². The summed E-state index contributed by atoms with van der Waals surface area (Å²) in [5, 5.41) is 3.19. The van der Waals surface area contributed by atoms with Gasteiger partial charge in [0.2, 0.25) is 0 Å². The molecule has 0 saturated carbocycles. The van der Waals surface area contributed by atoms with Crippen molar-refractivity contribution in [1.29, 1.82) is 0 Å². The third-order valence-corrected chi connectivity index (χ3v) is 6.30. The van der Waals surface area contributed by atoms with Crippen LogP contribution < -0.4 is 10.2 Å². The molecular formula is C23H37N3O2. The fourth-order valence-electron chi connectivity index (χ4n) is 4.57. The maximum absolute atomic E-state index is 12.7. The van der Waals surface area contributed by atoms with Gasteiger partial charge in [-0.25, -0.2) is 4.79 Å². The van der Waals surface area contributed by atoms with Crippen LogP contribution in [-0.4, -0.2) is 56.4 Å². The number of piperazine rings is 1. The molecule has 0 aliphatic carbocycles. The quantitative estimate of drug-likeness (QED) is 0.853. The van der Waals surface area contributed by atoms with Gasteiger partial charge in [-0.05, 0) is 49.3 Å². The second kappa shape index (κ2) is 8.73. The Balaban J connectivity index is 1.51. The largest absolute Gasteiger partial charge is 0.377 e. The maximum atomic E-state index is 12.7. The van der Waals surface area contributed by atoms with Gasteiger partial charge in [-0.3, -0.25) is 0 Å². The van der Waals surface area contributed by atoms with Crippen LogP contribution in [0, 0.1) is 25.2 Å². The number of amides is 2. The molecule has 28 heavy (non-hydrogen) atoms. The summed E-state index contributed by atoms with van der Waals surface area (Å²) in [4.78, 5) is 17.1. The lowest BCUT2D eigenvalue weighted by atomic mass is 9.78. The molecule has 2 amide bonds. The second-order valence-electron chi connectivity index (χ2n) is 9.44. The summed E-state index contributed by atoms with van der Waals surface area (Å²) < 4.78 is 6.05. The van der Waals surface area contributed by atoms with Crippen molar-refractivity contribution in [3.8, 4) is 0 Å². The van der Waals surface area contributed by atoms with Crippen LogP contribution in [0.2, 0.25) is 0 Å². The summed E-state index contributed by atoms with van der Waals surface area (Å²) >= 11 is 0. The predicted octanol–water partition coefficient (Wildman–Crippen LogP) is 3.98. The number of aryl methyl sites for hydroxylation is 1. The van der Waals surface area contributed by atoms with Crippen molar-refractivity contribution in [2.45, 2.75) is 53.6 Å². The number of nitrogens with zero attached hydrogens (tertiary/aromatic N) is 2. The van der Waals surface area contributed by atoms with Crippen molar-refractivity contribution in [1.82, 2.24) is 10.2 Å². The van der Waals surface area contributed by atoms with E-state index in [1.54, 1.807) is 0 Å². The van der Waals surface area contributed by atoms with Gasteiger partial charge in [-0.1, -0.05) is 32.9 Å². The number of hydrogen-bond acceptors (Lipinski definition) is 3. The summed E-state index contributed by atoms with van der Waals surface area (Å²) in [5.74, 6) is 0.397. The molecule has 2 aliphatic rings. The van der Waals surface area contributed by atoms with Crippen LogP contribution in [0.4, 0.5) is 10.5 Å². The number of hydrogen-bond donors (Lipinski definition) is 1. The molecule has 0 radical (unpaired) electrons. The van der Waals surface area contributed by atoms with Gasteiger partial charge in [0, 0.05) is 50.9 Å². The Morgan fingerprint density at radius 1 is 1.18 bits per heavy atom. The Morgan fingerprint density at radius 2 is 1.89 bits per heavy atom. The number of rotatable bonds is 3. The zero-order valence-corrected chi connectivity index (χ0v) is 18.3. The van der Waals surface area contributed by atoms with Gasteiger partial charge >= 0.3 is 6.03 Å². The van der Waals surface area contributed by atoms with Crippen LogP contribution in [0.15, 0.2) is 18.2 Å². The Kier molecular flexibility index (Phi) is 6.54.